The first kappa shape index (κ1) is 17.5. The van der Waals surface area contributed by atoms with Crippen LogP contribution in [0.3, 0.4) is 0 Å². The van der Waals surface area contributed by atoms with Crippen LogP contribution in [0.2, 0.25) is 0 Å². The van der Waals surface area contributed by atoms with Crippen LogP contribution in [0.5, 0.6) is 5.75 Å². The highest BCUT2D eigenvalue weighted by atomic mass is 16.5. The Hall–Kier alpha value is -1.96. The second-order valence-corrected chi connectivity index (χ2v) is 7.19. The van der Waals surface area contributed by atoms with Crippen molar-refractivity contribution in [2.75, 3.05) is 26.3 Å². The van der Waals surface area contributed by atoms with Gasteiger partial charge in [0.1, 0.15) is 6.10 Å². The lowest BCUT2D eigenvalue weighted by Gasteiger charge is -2.34. The highest BCUT2D eigenvalue weighted by molar-refractivity contribution is 5.13. The molecule has 2 atom stereocenters. The maximum Gasteiger partial charge on any atom is 0.157 e. The number of aryl methyl sites for hydroxylation is 1. The molecule has 0 amide bonds. The van der Waals surface area contributed by atoms with Gasteiger partial charge in [-0.25, -0.2) is 0 Å². The zero-order valence-corrected chi connectivity index (χ0v) is 15.3. The monoisotopic (exact) mass is 357 g/mol. The third-order valence-corrected chi connectivity index (χ3v) is 5.15. The first-order valence-corrected chi connectivity index (χ1v) is 9.37. The minimum absolute atomic E-state index is 0.0470. The van der Waals surface area contributed by atoms with Crippen molar-refractivity contribution in [1.82, 2.24) is 25.0 Å². The van der Waals surface area contributed by atoms with Crippen molar-refractivity contribution in [1.29, 1.82) is 0 Å². The Morgan fingerprint density at radius 2 is 2.15 bits per heavy atom. The van der Waals surface area contributed by atoms with E-state index in [2.05, 4.69) is 32.4 Å². The van der Waals surface area contributed by atoms with Crippen molar-refractivity contribution in [3.05, 3.63) is 42.5 Å². The fraction of sp³-hybridized carbons (Fsp3) is 0.579. The second kappa shape index (κ2) is 8.16. The Balaban J connectivity index is 1.24. The van der Waals surface area contributed by atoms with Crippen molar-refractivity contribution < 1.29 is 9.47 Å². The molecule has 140 valence electrons. The van der Waals surface area contributed by atoms with Crippen molar-refractivity contribution in [2.24, 2.45) is 7.05 Å². The summed E-state index contributed by atoms with van der Waals surface area (Å²) in [7, 11) is 1.90. The van der Waals surface area contributed by atoms with E-state index in [0.29, 0.717) is 19.3 Å². The molecule has 2 aromatic rings. The molecular formula is C19H27N5O2. The molecule has 0 saturated carbocycles. The molecule has 0 spiro atoms. The number of aromatic nitrogens is 3. The molecule has 1 N–H and O–H groups in total. The Morgan fingerprint density at radius 3 is 2.88 bits per heavy atom. The van der Waals surface area contributed by atoms with Crippen molar-refractivity contribution in [3.63, 3.8) is 0 Å². The largest absolute Gasteiger partial charge is 0.483 e. The topological polar surface area (TPSA) is 64.4 Å². The van der Waals surface area contributed by atoms with Crippen molar-refractivity contribution in [2.45, 2.75) is 37.6 Å². The number of rotatable bonds is 6. The van der Waals surface area contributed by atoms with Gasteiger partial charge in [-0.15, -0.1) is 0 Å². The van der Waals surface area contributed by atoms with Crippen LogP contribution in [0.15, 0.2) is 36.8 Å². The molecule has 0 bridgehead atoms. The van der Waals surface area contributed by atoms with Gasteiger partial charge in [0.25, 0.3) is 0 Å². The van der Waals surface area contributed by atoms with Gasteiger partial charge < -0.3 is 14.8 Å². The van der Waals surface area contributed by atoms with Gasteiger partial charge in [-0.2, -0.15) is 5.10 Å². The first-order chi connectivity index (χ1) is 12.8. The quantitative estimate of drug-likeness (QED) is 0.839. The summed E-state index contributed by atoms with van der Waals surface area (Å²) in [6, 6.07) is 6.87. The van der Waals surface area contributed by atoms with Gasteiger partial charge in [0, 0.05) is 38.9 Å². The van der Waals surface area contributed by atoms with E-state index in [1.165, 1.54) is 0 Å². The maximum atomic E-state index is 6.06. The molecule has 2 aromatic heterocycles. The molecule has 7 nitrogen and oxygen atoms in total. The van der Waals surface area contributed by atoms with Gasteiger partial charge in [0.15, 0.2) is 5.75 Å². The fourth-order valence-corrected chi connectivity index (χ4v) is 3.72. The minimum Gasteiger partial charge on any atom is -0.483 e. The lowest BCUT2D eigenvalue weighted by molar-refractivity contribution is 0.135. The third kappa shape index (κ3) is 4.41. The Labute approximate surface area is 154 Å². The van der Waals surface area contributed by atoms with Gasteiger partial charge in [0.2, 0.25) is 0 Å². The van der Waals surface area contributed by atoms with Crippen LogP contribution in [0.25, 0.3) is 0 Å². The first-order valence-electron chi connectivity index (χ1n) is 9.37. The van der Waals surface area contributed by atoms with Gasteiger partial charge in [-0.1, -0.05) is 6.07 Å². The van der Waals surface area contributed by atoms with Gasteiger partial charge >= 0.3 is 0 Å². The standard InChI is InChI=1S/C19H27N5O2/c1-23-12-17(10-21-23)26-19-14-25-13-18(19)22-15-5-8-24(9-6-15)11-16-4-2-3-7-20-16/h2-4,7,10,12,15,18-19,22H,5-6,8-9,11,13-14H2,1H3/t18-,19+/m0/s1. The summed E-state index contributed by atoms with van der Waals surface area (Å²) in [5, 5.41) is 7.92. The number of nitrogens with one attached hydrogen (secondary N) is 1. The second-order valence-electron chi connectivity index (χ2n) is 7.19. The number of pyridine rings is 1. The summed E-state index contributed by atoms with van der Waals surface area (Å²) in [6.07, 6.45) is 7.85. The van der Waals surface area contributed by atoms with Crippen LogP contribution >= 0.6 is 0 Å². The highest BCUT2D eigenvalue weighted by Gasteiger charge is 2.33. The van der Waals surface area contributed by atoms with E-state index in [4.69, 9.17) is 9.47 Å². The number of likely N-dealkylation sites (tertiary alicyclic amines) is 1. The van der Waals surface area contributed by atoms with E-state index in [1.807, 2.05) is 25.5 Å². The highest BCUT2D eigenvalue weighted by Crippen LogP contribution is 2.19. The van der Waals surface area contributed by atoms with E-state index in [9.17, 15) is 0 Å². The van der Waals surface area contributed by atoms with E-state index >= 15 is 0 Å². The number of ether oxygens (including phenoxy) is 2. The molecule has 2 aliphatic heterocycles. The van der Waals surface area contributed by atoms with E-state index < -0.39 is 0 Å². The van der Waals surface area contributed by atoms with Crippen LogP contribution < -0.4 is 10.1 Å². The molecule has 26 heavy (non-hydrogen) atoms. The fourth-order valence-electron chi connectivity index (χ4n) is 3.72. The summed E-state index contributed by atoms with van der Waals surface area (Å²) in [5.74, 6) is 0.806. The molecule has 4 heterocycles. The number of hydrogen-bond donors (Lipinski definition) is 1. The van der Waals surface area contributed by atoms with E-state index in [-0.39, 0.29) is 12.1 Å². The van der Waals surface area contributed by atoms with Gasteiger partial charge in [-0.3, -0.25) is 14.6 Å². The molecule has 2 saturated heterocycles. The zero-order chi connectivity index (χ0) is 17.8. The Kier molecular flexibility index (Phi) is 5.48. The molecule has 7 heteroatoms. The lowest BCUT2D eigenvalue weighted by atomic mass is 10.0. The van der Waals surface area contributed by atoms with Gasteiger partial charge in [0.05, 0.1) is 37.3 Å². The third-order valence-electron chi connectivity index (χ3n) is 5.15. The summed E-state index contributed by atoms with van der Waals surface area (Å²) in [6.45, 7) is 4.46. The van der Waals surface area contributed by atoms with E-state index in [1.54, 1.807) is 10.9 Å². The smallest absolute Gasteiger partial charge is 0.157 e. The van der Waals surface area contributed by atoms with Crippen molar-refractivity contribution in [3.8, 4) is 5.75 Å². The molecule has 0 unspecified atom stereocenters. The normalized spacial score (nSPS) is 24.8. The number of piperidine rings is 1. The van der Waals surface area contributed by atoms with Crippen LogP contribution in [-0.4, -0.2) is 64.2 Å². The van der Waals surface area contributed by atoms with Crippen molar-refractivity contribution >= 4 is 0 Å². The minimum atomic E-state index is 0.0470. The summed E-state index contributed by atoms with van der Waals surface area (Å²) < 4.78 is 13.5. The summed E-state index contributed by atoms with van der Waals surface area (Å²) in [4.78, 5) is 6.91. The van der Waals surface area contributed by atoms with Gasteiger partial charge in [-0.05, 0) is 25.0 Å². The Bertz CT molecular complexity index is 684. The molecule has 4 rings (SSSR count). The average molecular weight is 357 g/mol. The predicted octanol–water partition coefficient (Wildman–Crippen LogP) is 1.22. The molecule has 2 aliphatic rings. The average Bonchev–Trinajstić information content (AvgIpc) is 3.27. The SMILES string of the molecule is Cn1cc(O[C@@H]2COC[C@@H]2NC2CCN(Cc3ccccn3)CC2)cn1. The number of nitrogens with zero attached hydrogens (tertiary/aromatic N) is 4. The van der Waals surface area contributed by atoms with E-state index in [0.717, 1.165) is 43.9 Å². The predicted molar refractivity (Wildman–Crippen MR) is 97.9 cm³/mol. The zero-order valence-electron chi connectivity index (χ0n) is 15.3. The van der Waals surface area contributed by atoms with Crippen LogP contribution in [0.4, 0.5) is 0 Å². The molecule has 0 aromatic carbocycles. The molecule has 0 radical (unpaired) electrons. The molecule has 0 aliphatic carbocycles. The summed E-state index contributed by atoms with van der Waals surface area (Å²) >= 11 is 0. The maximum absolute atomic E-state index is 6.06. The molecular weight excluding hydrogens is 330 g/mol. The summed E-state index contributed by atoms with van der Waals surface area (Å²) in [5.41, 5.74) is 1.15. The molecule has 2 fully saturated rings. The number of hydrogen-bond acceptors (Lipinski definition) is 6. The van der Waals surface area contributed by atoms with Crippen LogP contribution in [0, 0.1) is 0 Å². The Morgan fingerprint density at radius 1 is 1.27 bits per heavy atom. The lowest BCUT2D eigenvalue weighted by Crippen LogP contribution is -2.50. The van der Waals surface area contributed by atoms with Crippen LogP contribution in [0.1, 0.15) is 18.5 Å². The van der Waals surface area contributed by atoms with Crippen LogP contribution in [-0.2, 0) is 18.3 Å².